The molecule has 0 radical (unpaired) electrons. The second-order valence-electron chi connectivity index (χ2n) is 10.3. The number of para-hydroxylation sites is 1. The fourth-order valence-corrected chi connectivity index (χ4v) is 5.09. The van der Waals surface area contributed by atoms with Crippen LogP contribution in [0.15, 0.2) is 36.5 Å². The van der Waals surface area contributed by atoms with Gasteiger partial charge in [0.25, 0.3) is 5.91 Å². The molecule has 1 amide bonds. The summed E-state index contributed by atoms with van der Waals surface area (Å²) in [6.07, 6.45) is 3.67. The fourth-order valence-electron chi connectivity index (χ4n) is 5.09. The van der Waals surface area contributed by atoms with E-state index in [0.717, 1.165) is 55.3 Å². The van der Waals surface area contributed by atoms with Crippen LogP contribution in [0.5, 0.6) is 5.75 Å². The molecule has 2 aromatic rings. The molecule has 0 unspecified atom stereocenters. The zero-order chi connectivity index (χ0) is 22.9. The van der Waals surface area contributed by atoms with E-state index in [4.69, 9.17) is 10.5 Å². The zero-order valence-corrected chi connectivity index (χ0v) is 19.6. The molecule has 4 rings (SSSR count). The number of nitrogens with two attached hydrogens (primary N) is 1. The summed E-state index contributed by atoms with van der Waals surface area (Å²) < 4.78 is 6.18. The summed E-state index contributed by atoms with van der Waals surface area (Å²) in [4.78, 5) is 21.9. The summed E-state index contributed by atoms with van der Waals surface area (Å²) >= 11 is 0. The van der Waals surface area contributed by atoms with E-state index < -0.39 is 0 Å². The van der Waals surface area contributed by atoms with Gasteiger partial charge >= 0.3 is 0 Å². The molecule has 0 bridgehead atoms. The van der Waals surface area contributed by atoms with Crippen LogP contribution in [0.4, 0.5) is 11.5 Å². The number of hydrogen-bond acceptors (Lipinski definition) is 6. The highest BCUT2D eigenvalue weighted by atomic mass is 16.5. The van der Waals surface area contributed by atoms with Gasteiger partial charge in [0.1, 0.15) is 11.6 Å². The number of rotatable bonds is 6. The predicted molar refractivity (Wildman–Crippen MR) is 128 cm³/mol. The quantitative estimate of drug-likeness (QED) is 0.723. The molecule has 2 aliphatic heterocycles. The molecule has 7 nitrogen and oxygen atoms in total. The smallest absolute Gasteiger partial charge is 0.255 e. The maximum Gasteiger partial charge on any atom is 0.255 e. The number of anilines is 2. The highest BCUT2D eigenvalue weighted by Crippen LogP contribution is 2.47. The summed E-state index contributed by atoms with van der Waals surface area (Å²) in [5, 5.41) is 3.13. The molecule has 3 N–H and O–H groups in total. The summed E-state index contributed by atoms with van der Waals surface area (Å²) in [6.45, 7) is 8.23. The third-order valence-corrected chi connectivity index (χ3v) is 6.61. The summed E-state index contributed by atoms with van der Waals surface area (Å²) in [6, 6.07) is 9.73. The number of hydrogen-bond donors (Lipinski definition) is 2. The van der Waals surface area contributed by atoms with Crippen LogP contribution in [0.25, 0.3) is 0 Å². The topological polar surface area (TPSA) is 83.7 Å². The molecule has 172 valence electrons. The lowest BCUT2D eigenvalue weighted by atomic mass is 9.74. The molecular weight excluding hydrogens is 402 g/mol. The van der Waals surface area contributed by atoms with E-state index in [1.54, 1.807) is 6.20 Å². The molecule has 1 aromatic carbocycles. The standard InChI is InChI=1S/C25H35N5O2/c1-24(2,16-29(3)4)15-28-23(31)19-6-5-7-20-22(19)32-17-25(20)9-12-30(13-10-25)21-14-18(26)8-11-27-21/h5-8,11,14H,9-10,12-13,15-17H2,1-4H3,(H2,26,27)(H,28,31). The van der Waals surface area contributed by atoms with Crippen LogP contribution in [-0.4, -0.2) is 62.7 Å². The van der Waals surface area contributed by atoms with E-state index in [1.165, 1.54) is 0 Å². The van der Waals surface area contributed by atoms with Crippen molar-refractivity contribution in [3.8, 4) is 5.75 Å². The molecular formula is C25H35N5O2. The van der Waals surface area contributed by atoms with E-state index in [-0.39, 0.29) is 16.7 Å². The van der Waals surface area contributed by atoms with Gasteiger partial charge in [0.05, 0.1) is 12.2 Å². The Morgan fingerprint density at radius 1 is 1.28 bits per heavy atom. The first kappa shape index (κ1) is 22.4. The van der Waals surface area contributed by atoms with E-state index in [9.17, 15) is 4.79 Å². The van der Waals surface area contributed by atoms with Crippen LogP contribution >= 0.6 is 0 Å². The molecule has 1 aromatic heterocycles. The Bertz CT molecular complexity index is 980. The first-order chi connectivity index (χ1) is 15.2. The molecule has 2 aliphatic rings. The van der Waals surface area contributed by atoms with E-state index in [0.29, 0.717) is 18.7 Å². The number of nitrogens with zero attached hydrogens (tertiary/aromatic N) is 3. The lowest BCUT2D eigenvalue weighted by Crippen LogP contribution is -2.44. The number of ether oxygens (including phenoxy) is 1. The predicted octanol–water partition coefficient (Wildman–Crippen LogP) is 2.91. The van der Waals surface area contributed by atoms with Crippen molar-refractivity contribution in [1.29, 1.82) is 0 Å². The molecule has 0 aliphatic carbocycles. The Labute approximate surface area is 190 Å². The van der Waals surface area contributed by atoms with Gasteiger partial charge in [-0.05, 0) is 44.5 Å². The highest BCUT2D eigenvalue weighted by molar-refractivity contribution is 5.97. The van der Waals surface area contributed by atoms with Crippen LogP contribution < -0.4 is 20.7 Å². The summed E-state index contributed by atoms with van der Waals surface area (Å²) in [7, 11) is 4.10. The normalized spacial score (nSPS) is 17.3. The lowest BCUT2D eigenvalue weighted by Gasteiger charge is -2.39. The van der Waals surface area contributed by atoms with Crippen molar-refractivity contribution < 1.29 is 9.53 Å². The third-order valence-electron chi connectivity index (χ3n) is 6.61. The first-order valence-electron chi connectivity index (χ1n) is 11.3. The van der Waals surface area contributed by atoms with E-state index in [2.05, 4.69) is 54.1 Å². The highest BCUT2D eigenvalue weighted by Gasteiger charge is 2.44. The van der Waals surface area contributed by atoms with Gasteiger partial charge in [-0.1, -0.05) is 26.0 Å². The third kappa shape index (κ3) is 4.53. The van der Waals surface area contributed by atoms with E-state index >= 15 is 0 Å². The number of aromatic nitrogens is 1. The number of benzene rings is 1. The number of piperidine rings is 1. The maximum atomic E-state index is 13.0. The SMILES string of the molecule is CN(C)CC(C)(C)CNC(=O)c1cccc2c1OCC21CCN(c2cc(N)ccn2)CC1. The largest absolute Gasteiger partial charge is 0.492 e. The Hall–Kier alpha value is -2.80. The van der Waals surface area contributed by atoms with Crippen LogP contribution in [-0.2, 0) is 5.41 Å². The monoisotopic (exact) mass is 437 g/mol. The summed E-state index contributed by atoms with van der Waals surface area (Å²) in [5.41, 5.74) is 8.41. The van der Waals surface area contributed by atoms with Crippen LogP contribution in [0.1, 0.15) is 42.6 Å². The molecule has 0 atom stereocenters. The zero-order valence-electron chi connectivity index (χ0n) is 19.6. The minimum absolute atomic E-state index is 0.0130. The maximum absolute atomic E-state index is 13.0. The number of fused-ring (bicyclic) bond motifs is 2. The first-order valence-corrected chi connectivity index (χ1v) is 11.3. The van der Waals surface area contributed by atoms with Gasteiger partial charge in [0.2, 0.25) is 0 Å². The average molecular weight is 438 g/mol. The fraction of sp³-hybridized carbons (Fsp3) is 0.520. The number of nitrogen functional groups attached to an aromatic ring is 1. The van der Waals surface area contributed by atoms with Gasteiger partial charge in [-0.15, -0.1) is 0 Å². The molecule has 1 spiro atoms. The van der Waals surface area contributed by atoms with Crippen LogP contribution in [0.3, 0.4) is 0 Å². The van der Waals surface area contributed by atoms with Crippen LogP contribution in [0, 0.1) is 5.41 Å². The minimum Gasteiger partial charge on any atom is -0.492 e. The van der Waals surface area contributed by atoms with Gasteiger partial charge < -0.3 is 25.6 Å². The Kier molecular flexibility index (Phi) is 6.03. The van der Waals surface area contributed by atoms with Crippen molar-refractivity contribution in [2.75, 3.05) is 57.5 Å². The van der Waals surface area contributed by atoms with E-state index in [1.807, 2.05) is 24.3 Å². The molecule has 32 heavy (non-hydrogen) atoms. The molecule has 7 heteroatoms. The van der Waals surface area contributed by atoms with Gasteiger partial charge in [0, 0.05) is 55.1 Å². The van der Waals surface area contributed by atoms with Gasteiger partial charge in [-0.2, -0.15) is 0 Å². The number of carbonyl (C=O) groups excluding carboxylic acids is 1. The summed E-state index contributed by atoms with van der Waals surface area (Å²) in [5.74, 6) is 1.62. The molecule has 1 fully saturated rings. The van der Waals surface area contributed by atoms with Gasteiger partial charge in [-0.3, -0.25) is 4.79 Å². The number of pyridine rings is 1. The Morgan fingerprint density at radius 2 is 2.03 bits per heavy atom. The molecule has 3 heterocycles. The van der Waals surface area contributed by atoms with Crippen molar-refractivity contribution in [1.82, 2.24) is 15.2 Å². The number of nitrogens with one attached hydrogen (secondary N) is 1. The minimum atomic E-state index is -0.0628. The Balaban J connectivity index is 1.47. The number of amides is 1. The van der Waals surface area contributed by atoms with Crippen LogP contribution in [0.2, 0.25) is 0 Å². The molecule has 0 saturated carbocycles. The Morgan fingerprint density at radius 3 is 2.72 bits per heavy atom. The number of carbonyl (C=O) groups is 1. The van der Waals surface area contributed by atoms with Crippen molar-refractivity contribution in [2.24, 2.45) is 5.41 Å². The lowest BCUT2D eigenvalue weighted by molar-refractivity contribution is 0.0925. The van der Waals surface area contributed by atoms with Crippen molar-refractivity contribution >= 4 is 17.4 Å². The van der Waals surface area contributed by atoms with Crippen molar-refractivity contribution in [3.05, 3.63) is 47.7 Å². The second-order valence-corrected chi connectivity index (χ2v) is 10.3. The van der Waals surface area contributed by atoms with Crippen molar-refractivity contribution in [3.63, 3.8) is 0 Å². The van der Waals surface area contributed by atoms with Gasteiger partial charge in [0.15, 0.2) is 0 Å². The second kappa shape index (κ2) is 8.62. The van der Waals surface area contributed by atoms with Gasteiger partial charge in [-0.25, -0.2) is 4.98 Å². The molecule has 1 saturated heterocycles. The van der Waals surface area contributed by atoms with Crippen molar-refractivity contribution in [2.45, 2.75) is 32.1 Å². The average Bonchev–Trinajstić information content (AvgIpc) is 3.10.